The van der Waals surface area contributed by atoms with Crippen molar-refractivity contribution in [3.05, 3.63) is 51.7 Å². The van der Waals surface area contributed by atoms with Crippen LogP contribution in [0, 0.1) is 5.92 Å². The van der Waals surface area contributed by atoms with E-state index >= 15 is 0 Å². The molecule has 26 heavy (non-hydrogen) atoms. The van der Waals surface area contributed by atoms with Crippen LogP contribution in [0.4, 0.5) is 5.69 Å². The Bertz CT molecular complexity index is 782. The fraction of sp³-hybridized carbons (Fsp3) is 0.429. The molecule has 1 atom stereocenters. The number of hydrogen-bond acceptors (Lipinski definition) is 4. The van der Waals surface area contributed by atoms with E-state index in [0.717, 1.165) is 18.5 Å². The Hall–Kier alpha value is -2.14. The SMILES string of the molecule is CC(C)N(C(=O)COC(=O)c1cc2c(s1)CC[C@@H](C)C2)c1ccccc1. The number of hydrogen-bond donors (Lipinski definition) is 0. The summed E-state index contributed by atoms with van der Waals surface area (Å²) >= 11 is 1.51. The second-order valence-corrected chi connectivity index (χ2v) is 8.31. The summed E-state index contributed by atoms with van der Waals surface area (Å²) < 4.78 is 5.33. The normalized spacial score (nSPS) is 16.2. The zero-order chi connectivity index (χ0) is 18.7. The molecule has 1 aliphatic rings. The second kappa shape index (κ2) is 8.04. The third-order valence-electron chi connectivity index (χ3n) is 4.68. The molecule has 1 aliphatic carbocycles. The first-order valence-electron chi connectivity index (χ1n) is 9.11. The van der Waals surface area contributed by atoms with Gasteiger partial charge in [0.1, 0.15) is 4.88 Å². The molecule has 4 nitrogen and oxygen atoms in total. The minimum Gasteiger partial charge on any atom is -0.451 e. The van der Waals surface area contributed by atoms with E-state index in [2.05, 4.69) is 6.92 Å². The average Bonchev–Trinajstić information content (AvgIpc) is 3.03. The van der Waals surface area contributed by atoms with Crippen molar-refractivity contribution in [1.82, 2.24) is 0 Å². The predicted molar refractivity (Wildman–Crippen MR) is 105 cm³/mol. The molecule has 0 fully saturated rings. The number of para-hydroxylation sites is 1. The van der Waals surface area contributed by atoms with E-state index in [4.69, 9.17) is 4.74 Å². The van der Waals surface area contributed by atoms with E-state index in [1.165, 1.54) is 28.2 Å². The summed E-state index contributed by atoms with van der Waals surface area (Å²) in [6, 6.07) is 11.4. The highest BCUT2D eigenvalue weighted by Crippen LogP contribution is 2.32. The summed E-state index contributed by atoms with van der Waals surface area (Å²) in [6.45, 7) is 5.88. The minimum atomic E-state index is -0.401. The molecular formula is C21H25NO3S. The zero-order valence-corrected chi connectivity index (χ0v) is 16.3. The Morgan fingerprint density at radius 3 is 2.69 bits per heavy atom. The van der Waals surface area contributed by atoms with Crippen LogP contribution in [0.3, 0.4) is 0 Å². The molecule has 2 aromatic rings. The van der Waals surface area contributed by atoms with Crippen molar-refractivity contribution in [2.75, 3.05) is 11.5 Å². The first-order chi connectivity index (χ1) is 12.5. The number of carbonyl (C=O) groups is 2. The number of ether oxygens (including phenoxy) is 1. The number of thiophene rings is 1. The summed E-state index contributed by atoms with van der Waals surface area (Å²) in [5, 5.41) is 0. The Balaban J connectivity index is 1.64. The maximum Gasteiger partial charge on any atom is 0.348 e. The largest absolute Gasteiger partial charge is 0.451 e. The van der Waals surface area contributed by atoms with Gasteiger partial charge in [0.25, 0.3) is 5.91 Å². The molecule has 0 spiro atoms. The lowest BCUT2D eigenvalue weighted by molar-refractivity contribution is -0.122. The Morgan fingerprint density at radius 2 is 2.00 bits per heavy atom. The van der Waals surface area contributed by atoms with Crippen LogP contribution in [0.5, 0.6) is 0 Å². The van der Waals surface area contributed by atoms with Crippen molar-refractivity contribution < 1.29 is 14.3 Å². The maximum atomic E-state index is 12.6. The van der Waals surface area contributed by atoms with Crippen LogP contribution in [0.15, 0.2) is 36.4 Å². The van der Waals surface area contributed by atoms with Crippen molar-refractivity contribution in [2.45, 2.75) is 46.1 Å². The second-order valence-electron chi connectivity index (χ2n) is 7.18. The van der Waals surface area contributed by atoms with Crippen molar-refractivity contribution in [1.29, 1.82) is 0 Å². The van der Waals surface area contributed by atoms with Gasteiger partial charge < -0.3 is 9.64 Å². The van der Waals surface area contributed by atoms with Gasteiger partial charge in [0.05, 0.1) is 0 Å². The van der Waals surface area contributed by atoms with Crippen molar-refractivity contribution in [2.24, 2.45) is 5.92 Å². The number of carbonyl (C=O) groups excluding carboxylic acids is 2. The molecule has 0 bridgehead atoms. The van der Waals surface area contributed by atoms with E-state index in [1.807, 2.05) is 50.2 Å². The van der Waals surface area contributed by atoms with Crippen LogP contribution in [0.1, 0.15) is 47.3 Å². The van der Waals surface area contributed by atoms with Gasteiger partial charge >= 0.3 is 5.97 Å². The summed E-state index contributed by atoms with van der Waals surface area (Å²) in [7, 11) is 0. The van der Waals surface area contributed by atoms with Gasteiger partial charge in [-0.25, -0.2) is 4.79 Å². The third-order valence-corrected chi connectivity index (χ3v) is 5.89. The fourth-order valence-corrected chi connectivity index (χ4v) is 4.50. The van der Waals surface area contributed by atoms with E-state index in [-0.39, 0.29) is 18.6 Å². The number of fused-ring (bicyclic) bond motifs is 1. The number of benzene rings is 1. The molecule has 1 heterocycles. The van der Waals surface area contributed by atoms with Crippen LogP contribution < -0.4 is 4.90 Å². The number of esters is 1. The van der Waals surface area contributed by atoms with Crippen LogP contribution in [0.25, 0.3) is 0 Å². The number of nitrogens with zero attached hydrogens (tertiary/aromatic N) is 1. The summed E-state index contributed by atoms with van der Waals surface area (Å²) in [6.07, 6.45) is 3.22. The van der Waals surface area contributed by atoms with Crippen LogP contribution in [-0.2, 0) is 22.4 Å². The highest BCUT2D eigenvalue weighted by atomic mass is 32.1. The molecular weight excluding hydrogens is 346 g/mol. The summed E-state index contributed by atoms with van der Waals surface area (Å²) in [5.41, 5.74) is 2.07. The van der Waals surface area contributed by atoms with Gasteiger partial charge in [0.2, 0.25) is 0 Å². The highest BCUT2D eigenvalue weighted by Gasteiger charge is 2.24. The van der Waals surface area contributed by atoms with E-state index in [0.29, 0.717) is 10.8 Å². The Morgan fingerprint density at radius 1 is 1.27 bits per heavy atom. The lowest BCUT2D eigenvalue weighted by Gasteiger charge is -2.26. The van der Waals surface area contributed by atoms with E-state index in [1.54, 1.807) is 4.90 Å². The molecule has 5 heteroatoms. The molecule has 0 saturated heterocycles. The molecule has 0 N–H and O–H groups in total. The van der Waals surface area contributed by atoms with Gasteiger partial charge in [-0.05, 0) is 62.8 Å². The molecule has 1 aromatic heterocycles. The van der Waals surface area contributed by atoms with E-state index < -0.39 is 5.97 Å². The lowest BCUT2D eigenvalue weighted by atomic mass is 9.90. The minimum absolute atomic E-state index is 0.0147. The summed E-state index contributed by atoms with van der Waals surface area (Å²) in [5.74, 6) is 0.0460. The topological polar surface area (TPSA) is 46.6 Å². The van der Waals surface area contributed by atoms with Gasteiger partial charge in [-0.1, -0.05) is 25.1 Å². The average molecular weight is 372 g/mol. The van der Waals surface area contributed by atoms with E-state index in [9.17, 15) is 9.59 Å². The van der Waals surface area contributed by atoms with Crippen LogP contribution in [0.2, 0.25) is 0 Å². The molecule has 0 radical (unpaired) electrons. The Labute approximate surface area is 158 Å². The monoisotopic (exact) mass is 371 g/mol. The smallest absolute Gasteiger partial charge is 0.348 e. The standard InChI is InChI=1S/C21H25NO3S/c1-14(2)22(17-7-5-4-6-8-17)20(23)13-25-21(24)19-12-16-11-15(3)9-10-18(16)26-19/h4-8,12,14-15H,9-11,13H2,1-3H3/t15-/m1/s1. The molecule has 1 amide bonds. The molecule has 0 saturated carbocycles. The number of aryl methyl sites for hydroxylation is 1. The van der Waals surface area contributed by atoms with Crippen LogP contribution >= 0.6 is 11.3 Å². The van der Waals surface area contributed by atoms with Crippen molar-refractivity contribution >= 4 is 28.9 Å². The maximum absolute atomic E-state index is 12.6. The molecule has 0 aliphatic heterocycles. The molecule has 3 rings (SSSR count). The summed E-state index contributed by atoms with van der Waals surface area (Å²) in [4.78, 5) is 28.6. The number of rotatable bonds is 5. The number of amides is 1. The van der Waals surface area contributed by atoms with Gasteiger partial charge in [0, 0.05) is 16.6 Å². The molecule has 1 aromatic carbocycles. The van der Waals surface area contributed by atoms with Crippen molar-refractivity contribution in [3.8, 4) is 0 Å². The van der Waals surface area contributed by atoms with Gasteiger partial charge in [-0.2, -0.15) is 0 Å². The third kappa shape index (κ3) is 4.15. The fourth-order valence-electron chi connectivity index (χ4n) is 3.39. The first kappa shape index (κ1) is 18.6. The number of anilines is 1. The van der Waals surface area contributed by atoms with Gasteiger partial charge in [0.15, 0.2) is 6.61 Å². The molecule has 138 valence electrons. The quantitative estimate of drug-likeness (QED) is 0.729. The lowest BCUT2D eigenvalue weighted by Crippen LogP contribution is -2.39. The van der Waals surface area contributed by atoms with Crippen molar-refractivity contribution in [3.63, 3.8) is 0 Å². The molecule has 0 unspecified atom stereocenters. The highest BCUT2D eigenvalue weighted by molar-refractivity contribution is 7.14. The first-order valence-corrected chi connectivity index (χ1v) is 9.93. The predicted octanol–water partition coefficient (Wildman–Crippen LogP) is 4.47. The Kier molecular flexibility index (Phi) is 5.77. The van der Waals surface area contributed by atoms with Gasteiger partial charge in [-0.15, -0.1) is 11.3 Å². The van der Waals surface area contributed by atoms with Crippen LogP contribution in [-0.4, -0.2) is 24.5 Å². The zero-order valence-electron chi connectivity index (χ0n) is 15.5. The van der Waals surface area contributed by atoms with Gasteiger partial charge in [-0.3, -0.25) is 4.79 Å².